The fraction of sp³-hybridized carbons (Fsp3) is 0.333. The van der Waals surface area contributed by atoms with E-state index in [1.165, 1.54) is 12.1 Å². The SMILES string of the molecule is CCCCOC(=O)C(=O)Oc1ccc(Cl)cc1. The topological polar surface area (TPSA) is 52.6 Å². The monoisotopic (exact) mass is 256 g/mol. The first-order valence-electron chi connectivity index (χ1n) is 5.28. The Morgan fingerprint density at radius 2 is 1.82 bits per heavy atom. The minimum absolute atomic E-state index is 0.227. The van der Waals surface area contributed by atoms with E-state index in [-0.39, 0.29) is 12.4 Å². The number of esters is 2. The van der Waals surface area contributed by atoms with E-state index >= 15 is 0 Å². The molecule has 0 amide bonds. The van der Waals surface area contributed by atoms with Crippen molar-refractivity contribution in [3.63, 3.8) is 0 Å². The van der Waals surface area contributed by atoms with E-state index in [0.29, 0.717) is 5.02 Å². The van der Waals surface area contributed by atoms with Gasteiger partial charge in [0.15, 0.2) is 0 Å². The van der Waals surface area contributed by atoms with Crippen molar-refractivity contribution < 1.29 is 19.1 Å². The number of halogens is 1. The molecule has 0 fully saturated rings. The summed E-state index contributed by atoms with van der Waals surface area (Å²) >= 11 is 5.66. The summed E-state index contributed by atoms with van der Waals surface area (Å²) in [5.74, 6) is -1.75. The molecule has 92 valence electrons. The fourth-order valence-corrected chi connectivity index (χ4v) is 1.15. The second-order valence-electron chi connectivity index (χ2n) is 3.33. The van der Waals surface area contributed by atoms with E-state index in [2.05, 4.69) is 0 Å². The summed E-state index contributed by atoms with van der Waals surface area (Å²) in [6.07, 6.45) is 1.61. The Hall–Kier alpha value is -1.55. The lowest BCUT2D eigenvalue weighted by Crippen LogP contribution is -2.23. The lowest BCUT2D eigenvalue weighted by atomic mass is 10.3. The van der Waals surface area contributed by atoms with Crippen molar-refractivity contribution in [3.05, 3.63) is 29.3 Å². The third kappa shape index (κ3) is 4.87. The van der Waals surface area contributed by atoms with Gasteiger partial charge in [0.2, 0.25) is 0 Å². The largest absolute Gasteiger partial charge is 0.457 e. The standard InChI is InChI=1S/C12H13ClO4/c1-2-3-8-16-11(14)12(15)17-10-6-4-9(13)5-7-10/h4-7H,2-3,8H2,1H3. The van der Waals surface area contributed by atoms with Gasteiger partial charge in [-0.25, -0.2) is 9.59 Å². The molecule has 0 aliphatic rings. The van der Waals surface area contributed by atoms with Gasteiger partial charge in [-0.3, -0.25) is 0 Å². The summed E-state index contributed by atoms with van der Waals surface area (Å²) in [5.41, 5.74) is 0. The van der Waals surface area contributed by atoms with Gasteiger partial charge in [-0.2, -0.15) is 0 Å². The van der Waals surface area contributed by atoms with Crippen LogP contribution in [0, 0.1) is 0 Å². The molecule has 0 spiro atoms. The predicted molar refractivity (Wildman–Crippen MR) is 63.0 cm³/mol. The summed E-state index contributed by atoms with van der Waals surface area (Å²) in [4.78, 5) is 22.4. The number of benzene rings is 1. The van der Waals surface area contributed by atoms with Gasteiger partial charge in [0, 0.05) is 5.02 Å². The Bertz CT molecular complexity index is 386. The van der Waals surface area contributed by atoms with E-state index in [4.69, 9.17) is 21.1 Å². The third-order valence-corrected chi connectivity index (χ3v) is 2.17. The molecule has 1 rings (SSSR count). The van der Waals surface area contributed by atoms with Crippen LogP contribution in [-0.2, 0) is 14.3 Å². The quantitative estimate of drug-likeness (QED) is 0.360. The number of ether oxygens (including phenoxy) is 2. The lowest BCUT2D eigenvalue weighted by molar-refractivity contribution is -0.162. The normalized spacial score (nSPS) is 9.76. The highest BCUT2D eigenvalue weighted by atomic mass is 35.5. The Labute approximate surface area is 104 Å². The number of hydrogen-bond acceptors (Lipinski definition) is 4. The third-order valence-electron chi connectivity index (χ3n) is 1.92. The van der Waals surface area contributed by atoms with Gasteiger partial charge in [0.05, 0.1) is 6.61 Å². The number of carbonyl (C=O) groups excluding carboxylic acids is 2. The highest BCUT2D eigenvalue weighted by molar-refractivity contribution is 6.31. The van der Waals surface area contributed by atoms with Crippen molar-refractivity contribution in [2.75, 3.05) is 6.61 Å². The Morgan fingerprint density at radius 1 is 1.18 bits per heavy atom. The average Bonchev–Trinajstić information content (AvgIpc) is 2.32. The molecule has 0 unspecified atom stereocenters. The maximum atomic E-state index is 11.3. The van der Waals surface area contributed by atoms with Gasteiger partial charge in [0.1, 0.15) is 5.75 Å². The highest BCUT2D eigenvalue weighted by Crippen LogP contribution is 2.15. The molecule has 0 radical (unpaired) electrons. The minimum atomic E-state index is -1.02. The van der Waals surface area contributed by atoms with Crippen molar-refractivity contribution in [2.24, 2.45) is 0 Å². The molecule has 1 aromatic rings. The maximum absolute atomic E-state index is 11.3. The first-order chi connectivity index (χ1) is 8.13. The number of hydrogen-bond donors (Lipinski definition) is 0. The predicted octanol–water partition coefficient (Wildman–Crippen LogP) is 2.59. The van der Waals surface area contributed by atoms with Crippen molar-refractivity contribution in [1.82, 2.24) is 0 Å². The second-order valence-corrected chi connectivity index (χ2v) is 3.77. The number of unbranched alkanes of at least 4 members (excludes halogenated alkanes) is 1. The molecule has 0 aliphatic carbocycles. The molecule has 0 N–H and O–H groups in total. The van der Waals surface area contributed by atoms with Crippen molar-refractivity contribution in [3.8, 4) is 5.75 Å². The molecule has 0 saturated carbocycles. The lowest BCUT2D eigenvalue weighted by Gasteiger charge is -2.04. The molecule has 0 aromatic heterocycles. The van der Waals surface area contributed by atoms with Gasteiger partial charge < -0.3 is 9.47 Å². The Morgan fingerprint density at radius 3 is 2.41 bits per heavy atom. The van der Waals surface area contributed by atoms with Gasteiger partial charge in [-0.1, -0.05) is 24.9 Å². The first-order valence-corrected chi connectivity index (χ1v) is 5.65. The van der Waals surface area contributed by atoms with Crippen LogP contribution >= 0.6 is 11.6 Å². The van der Waals surface area contributed by atoms with Crippen LogP contribution < -0.4 is 4.74 Å². The fourth-order valence-electron chi connectivity index (χ4n) is 1.02. The molecule has 0 atom stereocenters. The van der Waals surface area contributed by atoms with Crippen LogP contribution in [0.1, 0.15) is 19.8 Å². The zero-order chi connectivity index (χ0) is 12.7. The molecule has 0 heterocycles. The van der Waals surface area contributed by atoms with Crippen LogP contribution in [0.5, 0.6) is 5.75 Å². The molecule has 1 aromatic carbocycles. The van der Waals surface area contributed by atoms with Crippen LogP contribution in [0.25, 0.3) is 0 Å². The highest BCUT2D eigenvalue weighted by Gasteiger charge is 2.17. The zero-order valence-electron chi connectivity index (χ0n) is 9.44. The molecule has 17 heavy (non-hydrogen) atoms. The van der Waals surface area contributed by atoms with Crippen molar-refractivity contribution in [2.45, 2.75) is 19.8 Å². The molecule has 4 nitrogen and oxygen atoms in total. The summed E-state index contributed by atoms with van der Waals surface area (Å²) in [6, 6.07) is 6.12. The van der Waals surface area contributed by atoms with E-state index in [9.17, 15) is 9.59 Å². The van der Waals surface area contributed by atoms with Crippen LogP contribution in [0.2, 0.25) is 5.02 Å². The average molecular weight is 257 g/mol. The van der Waals surface area contributed by atoms with Gasteiger partial charge in [-0.15, -0.1) is 0 Å². The number of rotatable bonds is 4. The molecule has 0 bridgehead atoms. The van der Waals surface area contributed by atoms with E-state index in [1.54, 1.807) is 12.1 Å². The van der Waals surface area contributed by atoms with E-state index in [1.807, 2.05) is 6.92 Å². The molecule has 5 heteroatoms. The van der Waals surface area contributed by atoms with Crippen LogP contribution in [0.15, 0.2) is 24.3 Å². The molecule has 0 saturated heterocycles. The number of carbonyl (C=O) groups is 2. The summed E-state index contributed by atoms with van der Waals surface area (Å²) in [5, 5.41) is 0.523. The van der Waals surface area contributed by atoms with Gasteiger partial charge in [0.25, 0.3) is 0 Å². The van der Waals surface area contributed by atoms with Crippen LogP contribution in [0.3, 0.4) is 0 Å². The summed E-state index contributed by atoms with van der Waals surface area (Å²) in [6.45, 7) is 2.19. The molecular weight excluding hydrogens is 244 g/mol. The smallest absolute Gasteiger partial charge is 0.422 e. The molecule has 0 aliphatic heterocycles. The summed E-state index contributed by atoms with van der Waals surface area (Å²) in [7, 11) is 0. The van der Waals surface area contributed by atoms with Crippen molar-refractivity contribution >= 4 is 23.5 Å². The summed E-state index contributed by atoms with van der Waals surface area (Å²) < 4.78 is 9.49. The first kappa shape index (κ1) is 13.5. The Balaban J connectivity index is 2.43. The van der Waals surface area contributed by atoms with E-state index in [0.717, 1.165) is 12.8 Å². The molecular formula is C12H13ClO4. The zero-order valence-corrected chi connectivity index (χ0v) is 10.2. The maximum Gasteiger partial charge on any atom is 0.422 e. The van der Waals surface area contributed by atoms with Gasteiger partial charge in [-0.05, 0) is 30.7 Å². The van der Waals surface area contributed by atoms with Gasteiger partial charge >= 0.3 is 11.9 Å². The Kier molecular flexibility index (Phi) is 5.49. The second kappa shape index (κ2) is 6.91. The van der Waals surface area contributed by atoms with E-state index < -0.39 is 11.9 Å². The minimum Gasteiger partial charge on any atom is -0.457 e. The van der Waals surface area contributed by atoms with Crippen molar-refractivity contribution in [1.29, 1.82) is 0 Å². The van der Waals surface area contributed by atoms with Crippen LogP contribution in [-0.4, -0.2) is 18.5 Å². The van der Waals surface area contributed by atoms with Crippen LogP contribution in [0.4, 0.5) is 0 Å².